The molecule has 0 fully saturated rings. The van der Waals surface area contributed by atoms with E-state index in [1.54, 1.807) is 18.4 Å². The van der Waals surface area contributed by atoms with Gasteiger partial charge in [-0.15, -0.1) is 23.1 Å². The molecule has 1 N–H and O–H groups in total. The Hall–Kier alpha value is -2.31. The summed E-state index contributed by atoms with van der Waals surface area (Å²) in [6.07, 6.45) is 0.815. The summed E-state index contributed by atoms with van der Waals surface area (Å²) in [5.41, 5.74) is 3.35. The summed E-state index contributed by atoms with van der Waals surface area (Å²) in [5, 5.41) is 6.13. The number of nitrogens with one attached hydrogen (secondary N) is 1. The fourth-order valence-electron chi connectivity index (χ4n) is 2.56. The molecule has 140 valence electrons. The van der Waals surface area contributed by atoms with Gasteiger partial charge in [0.15, 0.2) is 0 Å². The zero-order chi connectivity index (χ0) is 19.1. The lowest BCUT2D eigenvalue weighted by Crippen LogP contribution is -2.27. The summed E-state index contributed by atoms with van der Waals surface area (Å²) in [7, 11) is 1.64. The van der Waals surface area contributed by atoms with Crippen LogP contribution < -0.4 is 10.1 Å². The van der Waals surface area contributed by atoms with Crippen molar-refractivity contribution in [2.45, 2.75) is 18.2 Å². The Labute approximate surface area is 168 Å². The van der Waals surface area contributed by atoms with E-state index in [2.05, 4.69) is 39.9 Å². The van der Waals surface area contributed by atoms with Gasteiger partial charge in [-0.2, -0.15) is 0 Å². The quantitative estimate of drug-likeness (QED) is 0.565. The van der Waals surface area contributed by atoms with Gasteiger partial charge in [0.05, 0.1) is 23.6 Å². The molecule has 0 aliphatic rings. The Kier molecular flexibility index (Phi) is 6.90. The Balaban J connectivity index is 1.40. The number of hydrogen-bond donors (Lipinski definition) is 1. The number of rotatable bonds is 8. The standard InChI is InChI=1S/C21H22N2O2S2/c1-15-23-20(13-26-15)17-5-3-16(4-6-17)11-12-22-21(24)14-27-19-9-7-18(25-2)8-10-19/h3-10,13H,11-12,14H2,1-2H3,(H,22,24). The van der Waals surface area contributed by atoms with Crippen molar-refractivity contribution in [1.82, 2.24) is 10.3 Å². The maximum atomic E-state index is 12.0. The number of aromatic nitrogens is 1. The molecular weight excluding hydrogens is 376 g/mol. The van der Waals surface area contributed by atoms with Gasteiger partial charge in [0.2, 0.25) is 5.91 Å². The van der Waals surface area contributed by atoms with Gasteiger partial charge in [-0.05, 0) is 43.2 Å². The molecule has 27 heavy (non-hydrogen) atoms. The predicted octanol–water partition coefficient (Wildman–Crippen LogP) is 4.58. The Morgan fingerprint density at radius 1 is 1.15 bits per heavy atom. The highest BCUT2D eigenvalue weighted by Gasteiger charge is 2.05. The third-order valence-electron chi connectivity index (χ3n) is 4.03. The number of benzene rings is 2. The number of carbonyl (C=O) groups excluding carboxylic acids is 1. The van der Waals surface area contributed by atoms with E-state index in [0.29, 0.717) is 12.3 Å². The fraction of sp³-hybridized carbons (Fsp3) is 0.238. The summed E-state index contributed by atoms with van der Waals surface area (Å²) >= 11 is 3.18. The average Bonchev–Trinajstić information content (AvgIpc) is 3.13. The number of thiazole rings is 1. The summed E-state index contributed by atoms with van der Waals surface area (Å²) in [6.45, 7) is 2.65. The van der Waals surface area contributed by atoms with E-state index in [4.69, 9.17) is 4.74 Å². The lowest BCUT2D eigenvalue weighted by Gasteiger charge is -2.07. The van der Waals surface area contributed by atoms with E-state index in [9.17, 15) is 4.79 Å². The molecule has 0 aliphatic carbocycles. The first-order valence-electron chi connectivity index (χ1n) is 8.69. The lowest BCUT2D eigenvalue weighted by atomic mass is 10.1. The van der Waals surface area contributed by atoms with Crippen LogP contribution in [0.2, 0.25) is 0 Å². The summed E-state index contributed by atoms with van der Waals surface area (Å²) in [5.74, 6) is 1.28. The second kappa shape index (κ2) is 9.58. The molecule has 1 heterocycles. The minimum absolute atomic E-state index is 0.0467. The molecule has 4 nitrogen and oxygen atoms in total. The molecule has 3 aromatic rings. The van der Waals surface area contributed by atoms with Crippen molar-refractivity contribution < 1.29 is 9.53 Å². The van der Waals surface area contributed by atoms with Gasteiger partial charge in [0, 0.05) is 22.4 Å². The Morgan fingerprint density at radius 2 is 1.89 bits per heavy atom. The van der Waals surface area contributed by atoms with Crippen LogP contribution >= 0.6 is 23.1 Å². The van der Waals surface area contributed by atoms with Gasteiger partial charge in [-0.3, -0.25) is 4.79 Å². The van der Waals surface area contributed by atoms with Crippen LogP contribution in [0.3, 0.4) is 0 Å². The van der Waals surface area contributed by atoms with E-state index in [1.807, 2.05) is 31.2 Å². The zero-order valence-corrected chi connectivity index (χ0v) is 17.0. The van der Waals surface area contributed by atoms with Crippen molar-refractivity contribution >= 4 is 29.0 Å². The van der Waals surface area contributed by atoms with E-state index in [1.165, 1.54) is 17.3 Å². The van der Waals surface area contributed by atoms with Gasteiger partial charge in [-0.1, -0.05) is 24.3 Å². The molecule has 2 aromatic carbocycles. The largest absolute Gasteiger partial charge is 0.497 e. The molecule has 1 aromatic heterocycles. The van der Waals surface area contributed by atoms with Gasteiger partial charge in [-0.25, -0.2) is 4.98 Å². The summed E-state index contributed by atoms with van der Waals surface area (Å²) in [6, 6.07) is 16.1. The number of nitrogens with zero attached hydrogens (tertiary/aromatic N) is 1. The Morgan fingerprint density at radius 3 is 2.52 bits per heavy atom. The zero-order valence-electron chi connectivity index (χ0n) is 15.4. The van der Waals surface area contributed by atoms with Crippen molar-refractivity contribution in [3.8, 4) is 17.0 Å². The van der Waals surface area contributed by atoms with Gasteiger partial charge in [0.25, 0.3) is 0 Å². The molecule has 0 aliphatic heterocycles. The van der Waals surface area contributed by atoms with Gasteiger partial charge in [0.1, 0.15) is 5.75 Å². The lowest BCUT2D eigenvalue weighted by molar-refractivity contribution is -0.118. The smallest absolute Gasteiger partial charge is 0.230 e. The van der Waals surface area contributed by atoms with Crippen LogP contribution in [0.15, 0.2) is 58.8 Å². The predicted molar refractivity (Wildman–Crippen MR) is 113 cm³/mol. The highest BCUT2D eigenvalue weighted by molar-refractivity contribution is 8.00. The first kappa shape index (κ1) is 19.5. The summed E-state index contributed by atoms with van der Waals surface area (Å²) in [4.78, 5) is 17.6. The van der Waals surface area contributed by atoms with Crippen molar-refractivity contribution in [2.24, 2.45) is 0 Å². The maximum Gasteiger partial charge on any atom is 0.230 e. The van der Waals surface area contributed by atoms with Crippen molar-refractivity contribution in [3.05, 3.63) is 64.5 Å². The number of amides is 1. The van der Waals surface area contributed by atoms with Gasteiger partial charge >= 0.3 is 0 Å². The van der Waals surface area contributed by atoms with Crippen molar-refractivity contribution in [2.75, 3.05) is 19.4 Å². The third kappa shape index (κ3) is 5.84. The third-order valence-corrected chi connectivity index (χ3v) is 5.82. The van der Waals surface area contributed by atoms with E-state index < -0.39 is 0 Å². The maximum absolute atomic E-state index is 12.0. The number of thioether (sulfide) groups is 1. The molecule has 3 rings (SSSR count). The SMILES string of the molecule is COc1ccc(SCC(=O)NCCc2ccc(-c3csc(C)n3)cc2)cc1. The number of aryl methyl sites for hydroxylation is 1. The fourth-order valence-corrected chi connectivity index (χ4v) is 3.91. The minimum atomic E-state index is 0.0467. The molecule has 0 unspecified atom stereocenters. The molecular formula is C21H22N2O2S2. The molecule has 0 bridgehead atoms. The monoisotopic (exact) mass is 398 g/mol. The molecule has 0 spiro atoms. The first-order valence-corrected chi connectivity index (χ1v) is 10.6. The van der Waals surface area contributed by atoms with Crippen LogP contribution in [0.1, 0.15) is 10.6 Å². The van der Waals surface area contributed by atoms with E-state index in [0.717, 1.165) is 33.3 Å². The second-order valence-electron chi connectivity index (χ2n) is 6.01. The molecule has 0 atom stereocenters. The second-order valence-corrected chi connectivity index (χ2v) is 8.12. The van der Waals surface area contributed by atoms with Crippen LogP contribution in [0, 0.1) is 6.92 Å². The van der Waals surface area contributed by atoms with Crippen LogP contribution in [0.5, 0.6) is 5.75 Å². The number of ether oxygens (including phenoxy) is 1. The highest BCUT2D eigenvalue weighted by atomic mass is 32.2. The number of hydrogen-bond acceptors (Lipinski definition) is 5. The molecule has 1 amide bonds. The number of methoxy groups -OCH3 is 1. The normalized spacial score (nSPS) is 10.6. The summed E-state index contributed by atoms with van der Waals surface area (Å²) < 4.78 is 5.13. The topological polar surface area (TPSA) is 51.2 Å². The average molecular weight is 399 g/mol. The number of carbonyl (C=O) groups is 1. The van der Waals surface area contributed by atoms with Crippen molar-refractivity contribution in [3.63, 3.8) is 0 Å². The van der Waals surface area contributed by atoms with Crippen LogP contribution in [-0.2, 0) is 11.2 Å². The molecule has 0 saturated carbocycles. The first-order chi connectivity index (χ1) is 13.1. The van der Waals surface area contributed by atoms with Crippen LogP contribution in [0.4, 0.5) is 0 Å². The minimum Gasteiger partial charge on any atom is -0.497 e. The van der Waals surface area contributed by atoms with E-state index in [-0.39, 0.29) is 5.91 Å². The van der Waals surface area contributed by atoms with Crippen LogP contribution in [0.25, 0.3) is 11.3 Å². The van der Waals surface area contributed by atoms with Crippen LogP contribution in [-0.4, -0.2) is 30.3 Å². The van der Waals surface area contributed by atoms with Crippen molar-refractivity contribution in [1.29, 1.82) is 0 Å². The molecule has 0 saturated heterocycles. The molecule has 0 radical (unpaired) electrons. The van der Waals surface area contributed by atoms with E-state index >= 15 is 0 Å². The highest BCUT2D eigenvalue weighted by Crippen LogP contribution is 2.22. The molecule has 6 heteroatoms. The van der Waals surface area contributed by atoms with Gasteiger partial charge < -0.3 is 10.1 Å². The Bertz CT molecular complexity index is 874.